The third kappa shape index (κ3) is 2.38. The Bertz CT molecular complexity index is 274. The van der Waals surface area contributed by atoms with E-state index < -0.39 is 0 Å². The molecule has 1 rings (SSSR count). The van der Waals surface area contributed by atoms with Crippen LogP contribution in [0.1, 0.15) is 5.56 Å². The summed E-state index contributed by atoms with van der Waals surface area (Å²) in [6.45, 7) is 3.52. The number of allylic oxidation sites excluding steroid dienone is 2. The maximum absolute atomic E-state index is 12.5. The molecule has 0 saturated heterocycles. The lowest BCUT2D eigenvalue weighted by atomic mass is 10.2. The van der Waals surface area contributed by atoms with Gasteiger partial charge in [0.25, 0.3) is 0 Å². The fourth-order valence-corrected chi connectivity index (χ4v) is 0.789. The second-order valence-corrected chi connectivity index (χ2v) is 2.15. The Labute approximate surface area is 65.7 Å². The maximum Gasteiger partial charge on any atom is 0.123 e. The van der Waals surface area contributed by atoms with Crippen molar-refractivity contribution in [3.63, 3.8) is 0 Å². The van der Waals surface area contributed by atoms with Crippen molar-refractivity contribution >= 4 is 6.08 Å². The second kappa shape index (κ2) is 3.71. The van der Waals surface area contributed by atoms with Crippen molar-refractivity contribution in [3.05, 3.63) is 54.4 Å². The summed E-state index contributed by atoms with van der Waals surface area (Å²) in [4.78, 5) is 0. The first-order valence-corrected chi connectivity index (χ1v) is 3.37. The minimum atomic E-state index is -0.212. The average molecular weight is 148 g/mol. The van der Waals surface area contributed by atoms with Crippen molar-refractivity contribution in [2.24, 2.45) is 0 Å². The van der Waals surface area contributed by atoms with E-state index in [4.69, 9.17) is 0 Å². The zero-order valence-electron chi connectivity index (χ0n) is 6.13. The molecule has 1 heteroatoms. The molecule has 0 aliphatic rings. The third-order valence-electron chi connectivity index (χ3n) is 1.27. The summed E-state index contributed by atoms with van der Waals surface area (Å²) in [6, 6.07) is 6.41. The lowest BCUT2D eigenvalue weighted by Gasteiger charge is -1.90. The van der Waals surface area contributed by atoms with E-state index in [-0.39, 0.29) is 5.82 Å². The Morgan fingerprint density at radius 2 is 2.18 bits per heavy atom. The van der Waals surface area contributed by atoms with Gasteiger partial charge in [-0.3, -0.25) is 0 Å². The van der Waals surface area contributed by atoms with Gasteiger partial charge in [-0.05, 0) is 17.7 Å². The van der Waals surface area contributed by atoms with Crippen LogP contribution in [0.4, 0.5) is 4.39 Å². The van der Waals surface area contributed by atoms with Crippen molar-refractivity contribution < 1.29 is 4.39 Å². The van der Waals surface area contributed by atoms with Crippen LogP contribution in [0.5, 0.6) is 0 Å². The molecule has 11 heavy (non-hydrogen) atoms. The third-order valence-corrected chi connectivity index (χ3v) is 1.27. The first kappa shape index (κ1) is 7.73. The van der Waals surface area contributed by atoms with E-state index in [0.29, 0.717) is 0 Å². The largest absolute Gasteiger partial charge is 0.207 e. The highest BCUT2D eigenvalue weighted by Crippen LogP contribution is 2.04. The quantitative estimate of drug-likeness (QED) is 0.565. The molecule has 0 nitrogen and oxygen atoms in total. The number of halogens is 1. The van der Waals surface area contributed by atoms with Gasteiger partial charge < -0.3 is 0 Å². The van der Waals surface area contributed by atoms with E-state index in [2.05, 4.69) is 6.58 Å². The SMILES string of the molecule is C=CC=Cc1cccc(F)c1. The molecule has 0 unspecified atom stereocenters. The van der Waals surface area contributed by atoms with Gasteiger partial charge in [0, 0.05) is 0 Å². The molecule has 56 valence electrons. The normalized spacial score (nSPS) is 10.3. The van der Waals surface area contributed by atoms with Crippen LogP contribution in [0.25, 0.3) is 6.08 Å². The number of benzene rings is 1. The van der Waals surface area contributed by atoms with Crippen molar-refractivity contribution in [2.75, 3.05) is 0 Å². The fourth-order valence-electron chi connectivity index (χ4n) is 0.789. The Morgan fingerprint density at radius 1 is 1.36 bits per heavy atom. The molecule has 0 spiro atoms. The summed E-state index contributed by atoms with van der Waals surface area (Å²) in [5.41, 5.74) is 0.852. The highest BCUT2D eigenvalue weighted by Gasteiger charge is 1.87. The standard InChI is InChI=1S/C10H9F/c1-2-3-5-9-6-4-7-10(11)8-9/h2-8H,1H2. The van der Waals surface area contributed by atoms with Crippen LogP contribution in [0.2, 0.25) is 0 Å². The van der Waals surface area contributed by atoms with E-state index in [1.807, 2.05) is 6.07 Å². The molecule has 0 heterocycles. The van der Waals surface area contributed by atoms with Crippen LogP contribution in [-0.4, -0.2) is 0 Å². The van der Waals surface area contributed by atoms with E-state index >= 15 is 0 Å². The number of hydrogen-bond donors (Lipinski definition) is 0. The monoisotopic (exact) mass is 148 g/mol. The van der Waals surface area contributed by atoms with Gasteiger partial charge in [0.15, 0.2) is 0 Å². The van der Waals surface area contributed by atoms with Gasteiger partial charge in [-0.15, -0.1) is 0 Å². The van der Waals surface area contributed by atoms with E-state index in [0.717, 1.165) is 5.56 Å². The highest BCUT2D eigenvalue weighted by atomic mass is 19.1. The number of hydrogen-bond acceptors (Lipinski definition) is 0. The summed E-state index contributed by atoms with van der Waals surface area (Å²) in [5, 5.41) is 0. The molecule has 0 atom stereocenters. The van der Waals surface area contributed by atoms with Crippen LogP contribution >= 0.6 is 0 Å². The number of rotatable bonds is 2. The summed E-state index contributed by atoms with van der Waals surface area (Å²) >= 11 is 0. The topological polar surface area (TPSA) is 0 Å². The second-order valence-electron chi connectivity index (χ2n) is 2.15. The lowest BCUT2D eigenvalue weighted by molar-refractivity contribution is 0.627. The predicted octanol–water partition coefficient (Wildman–Crippen LogP) is 3.02. The van der Waals surface area contributed by atoms with Gasteiger partial charge in [0.05, 0.1) is 0 Å². The summed E-state index contributed by atoms with van der Waals surface area (Å²) in [5.74, 6) is -0.212. The molecule has 1 aromatic carbocycles. The molecule has 0 aromatic heterocycles. The average Bonchev–Trinajstić information content (AvgIpc) is 2.01. The molecular formula is C10H9F. The maximum atomic E-state index is 12.5. The van der Waals surface area contributed by atoms with E-state index in [1.54, 1.807) is 24.3 Å². The first-order chi connectivity index (χ1) is 5.33. The molecule has 0 N–H and O–H groups in total. The minimum Gasteiger partial charge on any atom is -0.207 e. The van der Waals surface area contributed by atoms with Gasteiger partial charge in [-0.25, -0.2) is 4.39 Å². The molecule has 0 saturated carbocycles. The Hall–Kier alpha value is -1.37. The zero-order chi connectivity index (χ0) is 8.10. The fraction of sp³-hybridized carbons (Fsp3) is 0. The lowest BCUT2D eigenvalue weighted by Crippen LogP contribution is -1.74. The minimum absolute atomic E-state index is 0.212. The van der Waals surface area contributed by atoms with Gasteiger partial charge in [-0.2, -0.15) is 0 Å². The van der Waals surface area contributed by atoms with Crippen molar-refractivity contribution in [2.45, 2.75) is 0 Å². The first-order valence-electron chi connectivity index (χ1n) is 3.37. The van der Waals surface area contributed by atoms with Gasteiger partial charge >= 0.3 is 0 Å². The Kier molecular flexibility index (Phi) is 2.61. The van der Waals surface area contributed by atoms with Crippen molar-refractivity contribution in [3.8, 4) is 0 Å². The molecular weight excluding hydrogens is 139 g/mol. The van der Waals surface area contributed by atoms with E-state index in [9.17, 15) is 4.39 Å². The molecule has 0 amide bonds. The Balaban J connectivity index is 2.87. The summed E-state index contributed by atoms with van der Waals surface area (Å²) in [7, 11) is 0. The molecule has 0 aliphatic carbocycles. The van der Waals surface area contributed by atoms with E-state index in [1.165, 1.54) is 12.1 Å². The van der Waals surface area contributed by atoms with Gasteiger partial charge in [-0.1, -0.05) is 36.9 Å². The van der Waals surface area contributed by atoms with Crippen LogP contribution < -0.4 is 0 Å². The highest BCUT2D eigenvalue weighted by molar-refractivity contribution is 5.50. The molecule has 0 radical (unpaired) electrons. The summed E-state index contributed by atoms with van der Waals surface area (Å²) in [6.07, 6.45) is 5.23. The summed E-state index contributed by atoms with van der Waals surface area (Å²) < 4.78 is 12.5. The smallest absolute Gasteiger partial charge is 0.123 e. The molecule has 0 bridgehead atoms. The van der Waals surface area contributed by atoms with Crippen LogP contribution in [0, 0.1) is 5.82 Å². The van der Waals surface area contributed by atoms with Crippen LogP contribution in [-0.2, 0) is 0 Å². The predicted molar refractivity (Wildman–Crippen MR) is 45.6 cm³/mol. The van der Waals surface area contributed by atoms with Crippen molar-refractivity contribution in [1.29, 1.82) is 0 Å². The van der Waals surface area contributed by atoms with Gasteiger partial charge in [0.2, 0.25) is 0 Å². The molecule has 1 aromatic rings. The van der Waals surface area contributed by atoms with Gasteiger partial charge in [0.1, 0.15) is 5.82 Å². The molecule has 0 aliphatic heterocycles. The molecule has 0 fully saturated rings. The van der Waals surface area contributed by atoms with Crippen molar-refractivity contribution in [1.82, 2.24) is 0 Å². The zero-order valence-corrected chi connectivity index (χ0v) is 6.13. The van der Waals surface area contributed by atoms with Crippen LogP contribution in [0.3, 0.4) is 0 Å². The Morgan fingerprint density at radius 3 is 2.82 bits per heavy atom. The van der Waals surface area contributed by atoms with Crippen LogP contribution in [0.15, 0.2) is 43.0 Å².